The molecule has 0 aliphatic rings. The van der Waals surface area contributed by atoms with Crippen LogP contribution in [0.2, 0.25) is 0 Å². The predicted molar refractivity (Wildman–Crippen MR) is 88.5 cm³/mol. The molecule has 118 valence electrons. The summed E-state index contributed by atoms with van der Waals surface area (Å²) in [5, 5.41) is 15.5. The van der Waals surface area contributed by atoms with Crippen LogP contribution in [0, 0.1) is 5.41 Å². The molecule has 0 saturated carbocycles. The fourth-order valence-corrected chi connectivity index (χ4v) is 2.41. The Morgan fingerprint density at radius 1 is 1.29 bits per heavy atom. The maximum absolute atomic E-state index is 8.75. The van der Waals surface area contributed by atoms with Crippen molar-refractivity contribution < 1.29 is 5.21 Å². The molecule has 1 aromatic rings. The number of nitrogens with two attached hydrogens (primary N) is 1. The molecule has 21 heavy (non-hydrogen) atoms. The van der Waals surface area contributed by atoms with Crippen molar-refractivity contribution in [2.45, 2.75) is 52.5 Å². The highest BCUT2D eigenvalue weighted by atomic mass is 16.4. The van der Waals surface area contributed by atoms with Gasteiger partial charge in [-0.3, -0.25) is 0 Å². The van der Waals surface area contributed by atoms with Gasteiger partial charge in [0, 0.05) is 11.5 Å². The van der Waals surface area contributed by atoms with Gasteiger partial charge >= 0.3 is 0 Å². The number of hydrogen-bond acceptors (Lipinski definition) is 3. The second-order valence-corrected chi connectivity index (χ2v) is 6.15. The van der Waals surface area contributed by atoms with Crippen LogP contribution in [-0.4, -0.2) is 17.6 Å². The van der Waals surface area contributed by atoms with Crippen LogP contribution in [0.15, 0.2) is 35.5 Å². The lowest BCUT2D eigenvalue weighted by atomic mass is 9.86. The highest BCUT2D eigenvalue weighted by molar-refractivity contribution is 5.85. The molecule has 0 spiro atoms. The molecular weight excluding hydrogens is 262 g/mol. The van der Waals surface area contributed by atoms with Crippen LogP contribution in [0.25, 0.3) is 0 Å². The molecule has 0 aliphatic heterocycles. The van der Waals surface area contributed by atoms with E-state index in [0.717, 1.165) is 32.2 Å². The molecule has 0 amide bonds. The van der Waals surface area contributed by atoms with Crippen LogP contribution in [0.1, 0.15) is 58.1 Å². The topological polar surface area (TPSA) is 70.6 Å². The molecule has 0 bridgehead atoms. The third-order valence-electron chi connectivity index (χ3n) is 4.03. The number of benzene rings is 1. The lowest BCUT2D eigenvalue weighted by Crippen LogP contribution is -2.32. The van der Waals surface area contributed by atoms with Crippen molar-refractivity contribution in [3.05, 3.63) is 35.9 Å². The summed E-state index contributed by atoms with van der Waals surface area (Å²) in [4.78, 5) is 0. The zero-order chi connectivity index (χ0) is 15.7. The standard InChI is InChI=1S/C17H29N3O/c1-4-15(14-10-6-5-7-11-14)19-13-9-8-12-17(2,3)16(18)20-21/h5-7,10-11,15,19,21H,4,8-9,12-13H2,1-3H3,(H2,18,20). The molecule has 0 fully saturated rings. The van der Waals surface area contributed by atoms with Crippen molar-refractivity contribution in [2.24, 2.45) is 16.3 Å². The van der Waals surface area contributed by atoms with Gasteiger partial charge in [-0.15, -0.1) is 0 Å². The van der Waals surface area contributed by atoms with E-state index in [1.807, 2.05) is 19.9 Å². The van der Waals surface area contributed by atoms with E-state index in [0.29, 0.717) is 11.9 Å². The van der Waals surface area contributed by atoms with Crippen LogP contribution >= 0.6 is 0 Å². The molecule has 0 aromatic heterocycles. The number of unbranched alkanes of at least 4 members (excludes halogenated alkanes) is 1. The second-order valence-electron chi connectivity index (χ2n) is 6.15. The van der Waals surface area contributed by atoms with Crippen molar-refractivity contribution in [1.29, 1.82) is 0 Å². The van der Waals surface area contributed by atoms with Crippen LogP contribution in [0.5, 0.6) is 0 Å². The summed E-state index contributed by atoms with van der Waals surface area (Å²) < 4.78 is 0. The van der Waals surface area contributed by atoms with E-state index in [2.05, 4.69) is 41.7 Å². The van der Waals surface area contributed by atoms with Gasteiger partial charge in [-0.1, -0.05) is 62.7 Å². The summed E-state index contributed by atoms with van der Waals surface area (Å²) >= 11 is 0. The molecule has 1 unspecified atom stereocenters. The van der Waals surface area contributed by atoms with Gasteiger partial charge in [0.25, 0.3) is 0 Å². The average molecular weight is 291 g/mol. The Morgan fingerprint density at radius 3 is 2.52 bits per heavy atom. The van der Waals surface area contributed by atoms with Crippen molar-refractivity contribution in [1.82, 2.24) is 5.32 Å². The Morgan fingerprint density at radius 2 is 1.95 bits per heavy atom. The van der Waals surface area contributed by atoms with E-state index in [1.54, 1.807) is 0 Å². The Kier molecular flexibility index (Phi) is 7.23. The Balaban J connectivity index is 2.30. The maximum atomic E-state index is 8.75. The minimum atomic E-state index is -0.238. The number of rotatable bonds is 9. The van der Waals surface area contributed by atoms with Crippen molar-refractivity contribution in [3.63, 3.8) is 0 Å². The highest BCUT2D eigenvalue weighted by Gasteiger charge is 2.22. The molecule has 1 aromatic carbocycles. The number of nitrogens with zero attached hydrogens (tertiary/aromatic N) is 1. The van der Waals surface area contributed by atoms with Crippen molar-refractivity contribution >= 4 is 5.84 Å². The molecule has 1 atom stereocenters. The van der Waals surface area contributed by atoms with Crippen LogP contribution in [-0.2, 0) is 0 Å². The van der Waals surface area contributed by atoms with E-state index in [1.165, 1.54) is 5.56 Å². The summed E-state index contributed by atoms with van der Waals surface area (Å²) in [5.41, 5.74) is 6.80. The van der Waals surface area contributed by atoms with Crippen LogP contribution < -0.4 is 11.1 Å². The van der Waals surface area contributed by atoms with Gasteiger partial charge in [-0.2, -0.15) is 0 Å². The van der Waals surface area contributed by atoms with Crippen LogP contribution in [0.4, 0.5) is 0 Å². The molecule has 0 radical (unpaired) electrons. The lowest BCUT2D eigenvalue weighted by molar-refractivity contribution is 0.304. The molecule has 0 saturated heterocycles. The SMILES string of the molecule is CCC(NCCCCC(C)(C)/C(N)=N/O)c1ccccc1. The van der Waals surface area contributed by atoms with Gasteiger partial charge in [0.2, 0.25) is 0 Å². The summed E-state index contributed by atoms with van der Waals surface area (Å²) in [6.45, 7) is 7.20. The zero-order valence-electron chi connectivity index (χ0n) is 13.5. The third-order valence-corrected chi connectivity index (χ3v) is 4.03. The number of hydrogen-bond donors (Lipinski definition) is 3. The molecule has 0 heterocycles. The Hall–Kier alpha value is -1.55. The third kappa shape index (κ3) is 5.76. The zero-order valence-corrected chi connectivity index (χ0v) is 13.5. The molecule has 4 heteroatoms. The normalized spacial score (nSPS) is 14.1. The number of nitrogens with one attached hydrogen (secondary N) is 1. The predicted octanol–water partition coefficient (Wildman–Crippen LogP) is 3.67. The fourth-order valence-electron chi connectivity index (χ4n) is 2.41. The first kappa shape index (κ1) is 17.5. The average Bonchev–Trinajstić information content (AvgIpc) is 2.50. The van der Waals surface area contributed by atoms with E-state index < -0.39 is 0 Å². The summed E-state index contributed by atoms with van der Waals surface area (Å²) in [5.74, 6) is 0.311. The minimum Gasteiger partial charge on any atom is -0.409 e. The first-order chi connectivity index (χ1) is 10.0. The number of amidine groups is 1. The largest absolute Gasteiger partial charge is 0.409 e. The highest BCUT2D eigenvalue weighted by Crippen LogP contribution is 2.23. The first-order valence-corrected chi connectivity index (χ1v) is 7.77. The van der Waals surface area contributed by atoms with Crippen molar-refractivity contribution in [3.8, 4) is 0 Å². The first-order valence-electron chi connectivity index (χ1n) is 7.77. The van der Waals surface area contributed by atoms with Crippen molar-refractivity contribution in [2.75, 3.05) is 6.54 Å². The Labute approximate surface area is 128 Å². The second kappa shape index (κ2) is 8.67. The van der Waals surface area contributed by atoms with E-state index in [4.69, 9.17) is 10.9 Å². The van der Waals surface area contributed by atoms with E-state index >= 15 is 0 Å². The summed E-state index contributed by atoms with van der Waals surface area (Å²) in [6, 6.07) is 11.0. The van der Waals surface area contributed by atoms with E-state index in [9.17, 15) is 0 Å². The quantitative estimate of drug-likeness (QED) is 0.214. The smallest absolute Gasteiger partial charge is 0.144 e. The molecule has 1 rings (SSSR count). The van der Waals surface area contributed by atoms with Crippen LogP contribution in [0.3, 0.4) is 0 Å². The number of oxime groups is 1. The summed E-state index contributed by atoms with van der Waals surface area (Å²) in [7, 11) is 0. The Bertz CT molecular complexity index is 429. The molecule has 4 N–H and O–H groups in total. The van der Waals surface area contributed by atoms with Gasteiger partial charge in [0.05, 0.1) is 0 Å². The van der Waals surface area contributed by atoms with Gasteiger partial charge in [0.1, 0.15) is 5.84 Å². The fraction of sp³-hybridized carbons (Fsp3) is 0.588. The van der Waals surface area contributed by atoms with Gasteiger partial charge in [-0.25, -0.2) is 0 Å². The minimum absolute atomic E-state index is 0.238. The van der Waals surface area contributed by atoms with Gasteiger partial charge in [-0.05, 0) is 31.4 Å². The molecule has 0 aliphatic carbocycles. The van der Waals surface area contributed by atoms with Gasteiger partial charge < -0.3 is 16.3 Å². The van der Waals surface area contributed by atoms with Gasteiger partial charge in [0.15, 0.2) is 0 Å². The summed E-state index contributed by atoms with van der Waals surface area (Å²) in [6.07, 6.45) is 4.15. The van der Waals surface area contributed by atoms with E-state index in [-0.39, 0.29) is 5.41 Å². The molecular formula is C17H29N3O. The lowest BCUT2D eigenvalue weighted by Gasteiger charge is -2.23. The maximum Gasteiger partial charge on any atom is 0.144 e. The molecule has 4 nitrogen and oxygen atoms in total. The monoisotopic (exact) mass is 291 g/mol.